The Morgan fingerprint density at radius 1 is 1.30 bits per heavy atom. The number of fused-ring (bicyclic) bond motifs is 1. The summed E-state index contributed by atoms with van der Waals surface area (Å²) in [7, 11) is -1.16. The molecule has 2 rings (SSSR count). The number of aliphatic hydroxyl groups is 1. The number of piperidine rings is 1. The van der Waals surface area contributed by atoms with E-state index in [4.69, 9.17) is 4.74 Å². The molecular formula is C18H35NO3Si. The lowest BCUT2D eigenvalue weighted by molar-refractivity contribution is -0.00218. The second-order valence-electron chi connectivity index (χ2n) is 8.84. The first-order valence-electron chi connectivity index (χ1n) is 9.36. The van der Waals surface area contributed by atoms with Crippen molar-refractivity contribution in [2.45, 2.75) is 70.8 Å². The van der Waals surface area contributed by atoms with Gasteiger partial charge >= 0.3 is 6.09 Å². The maximum absolute atomic E-state index is 12.6. The lowest BCUT2D eigenvalue weighted by atomic mass is 9.67. The number of nitrogens with zero attached hydrogens (tertiary/aromatic N) is 1. The smallest absolute Gasteiger partial charge is 0.410 e. The Kier molecular flexibility index (Phi) is 6.54. The standard InChI is InChI=1S/C18H35NO3Si/c1-14-12-15(7-9-20)16-6-5-8-19(17(16)13-14)18(21)22-10-11-23(2,3)4/h14-17,20H,5-13H2,1-4H3/t14-,15+,16-,17+/m1/s1. The lowest BCUT2D eigenvalue weighted by Crippen LogP contribution is -2.53. The molecule has 2 aliphatic rings. The molecule has 1 saturated heterocycles. The van der Waals surface area contributed by atoms with Crippen LogP contribution in [0.25, 0.3) is 0 Å². The molecule has 1 aliphatic carbocycles. The van der Waals surface area contributed by atoms with Gasteiger partial charge in [-0.3, -0.25) is 0 Å². The number of rotatable bonds is 5. The molecule has 0 aromatic rings. The first kappa shape index (κ1) is 18.8. The van der Waals surface area contributed by atoms with E-state index in [1.54, 1.807) is 0 Å². The average Bonchev–Trinajstić information content (AvgIpc) is 2.45. The van der Waals surface area contributed by atoms with E-state index in [0.717, 1.165) is 31.9 Å². The van der Waals surface area contributed by atoms with Gasteiger partial charge in [-0.05, 0) is 55.9 Å². The maximum Gasteiger partial charge on any atom is 0.410 e. The highest BCUT2D eigenvalue weighted by molar-refractivity contribution is 6.76. The molecule has 1 saturated carbocycles. The first-order chi connectivity index (χ1) is 10.8. The van der Waals surface area contributed by atoms with Crippen LogP contribution in [0.2, 0.25) is 25.7 Å². The highest BCUT2D eigenvalue weighted by atomic mass is 28.3. The van der Waals surface area contributed by atoms with E-state index in [1.165, 1.54) is 12.8 Å². The van der Waals surface area contributed by atoms with Crippen LogP contribution in [-0.4, -0.2) is 50.0 Å². The summed E-state index contributed by atoms with van der Waals surface area (Å²) >= 11 is 0. The van der Waals surface area contributed by atoms with Crippen LogP contribution in [0.1, 0.15) is 39.0 Å². The van der Waals surface area contributed by atoms with Crippen LogP contribution < -0.4 is 0 Å². The molecule has 2 fully saturated rings. The predicted octanol–water partition coefficient (Wildman–Crippen LogP) is 3.97. The minimum absolute atomic E-state index is 0.102. The van der Waals surface area contributed by atoms with Gasteiger partial charge in [0.05, 0.1) is 6.61 Å². The van der Waals surface area contributed by atoms with E-state index in [0.29, 0.717) is 30.4 Å². The molecule has 23 heavy (non-hydrogen) atoms. The molecule has 1 N–H and O–H groups in total. The molecular weight excluding hydrogens is 306 g/mol. The molecule has 4 nitrogen and oxygen atoms in total. The minimum atomic E-state index is -1.16. The molecule has 1 amide bonds. The fourth-order valence-corrected chi connectivity index (χ4v) is 5.10. The molecule has 0 aromatic heterocycles. The van der Waals surface area contributed by atoms with Crippen LogP contribution >= 0.6 is 0 Å². The van der Waals surface area contributed by atoms with Crippen molar-refractivity contribution in [1.29, 1.82) is 0 Å². The zero-order valence-corrected chi connectivity index (χ0v) is 16.4. The number of likely N-dealkylation sites (tertiary alicyclic amines) is 1. The SMILES string of the molecule is C[C@@H]1C[C@H](CCO)[C@H]2CCCN(C(=O)OCC[Si](C)(C)C)[C@H]2C1. The van der Waals surface area contributed by atoms with Crippen LogP contribution in [0.4, 0.5) is 4.79 Å². The van der Waals surface area contributed by atoms with E-state index in [9.17, 15) is 9.90 Å². The van der Waals surface area contributed by atoms with Crippen molar-refractivity contribution in [1.82, 2.24) is 4.90 Å². The highest BCUT2D eigenvalue weighted by Gasteiger charge is 2.43. The topological polar surface area (TPSA) is 49.8 Å². The fourth-order valence-electron chi connectivity index (χ4n) is 4.39. The van der Waals surface area contributed by atoms with Crippen LogP contribution in [0.3, 0.4) is 0 Å². The summed E-state index contributed by atoms with van der Waals surface area (Å²) in [5, 5.41) is 9.36. The molecule has 0 spiro atoms. The lowest BCUT2D eigenvalue weighted by Gasteiger charge is -2.49. The Hall–Kier alpha value is -0.553. The van der Waals surface area contributed by atoms with Crippen molar-refractivity contribution < 1.29 is 14.6 Å². The summed E-state index contributed by atoms with van der Waals surface area (Å²) in [6.45, 7) is 10.9. The quantitative estimate of drug-likeness (QED) is 0.770. The Bertz CT molecular complexity index is 396. The van der Waals surface area contributed by atoms with Crippen molar-refractivity contribution >= 4 is 14.2 Å². The summed E-state index contributed by atoms with van der Waals surface area (Å²) in [6.07, 6.45) is 5.33. The second kappa shape index (κ2) is 8.02. The second-order valence-corrected chi connectivity index (χ2v) is 14.5. The van der Waals surface area contributed by atoms with Gasteiger partial charge in [0.15, 0.2) is 0 Å². The van der Waals surface area contributed by atoms with Gasteiger partial charge in [-0.2, -0.15) is 0 Å². The molecule has 0 aromatic carbocycles. The third-order valence-electron chi connectivity index (χ3n) is 5.60. The normalized spacial score (nSPS) is 31.6. The fraction of sp³-hybridized carbons (Fsp3) is 0.944. The number of hydrogen-bond acceptors (Lipinski definition) is 3. The van der Waals surface area contributed by atoms with E-state index in [-0.39, 0.29) is 12.7 Å². The predicted molar refractivity (Wildman–Crippen MR) is 96.3 cm³/mol. The van der Waals surface area contributed by atoms with E-state index in [1.807, 2.05) is 4.90 Å². The first-order valence-corrected chi connectivity index (χ1v) is 13.1. The zero-order valence-electron chi connectivity index (χ0n) is 15.4. The van der Waals surface area contributed by atoms with Crippen molar-refractivity contribution in [3.05, 3.63) is 0 Å². The van der Waals surface area contributed by atoms with Gasteiger partial charge in [-0.1, -0.05) is 26.6 Å². The number of hydrogen-bond donors (Lipinski definition) is 1. The summed E-state index contributed by atoms with van der Waals surface area (Å²) < 4.78 is 5.61. The molecule has 0 bridgehead atoms. The third kappa shape index (κ3) is 5.21. The van der Waals surface area contributed by atoms with E-state index >= 15 is 0 Å². The van der Waals surface area contributed by atoms with Gasteiger partial charge in [0, 0.05) is 27.3 Å². The zero-order chi connectivity index (χ0) is 17.0. The third-order valence-corrected chi connectivity index (χ3v) is 7.30. The minimum Gasteiger partial charge on any atom is -0.450 e. The van der Waals surface area contributed by atoms with Crippen LogP contribution in [-0.2, 0) is 4.74 Å². The summed E-state index contributed by atoms with van der Waals surface area (Å²) in [5.74, 6) is 1.74. The highest BCUT2D eigenvalue weighted by Crippen LogP contribution is 2.43. The average molecular weight is 342 g/mol. The molecule has 4 atom stereocenters. The Labute approximate surface area is 142 Å². The van der Waals surface area contributed by atoms with Crippen LogP contribution in [0.5, 0.6) is 0 Å². The Balaban J connectivity index is 1.97. The van der Waals surface area contributed by atoms with Crippen LogP contribution in [0.15, 0.2) is 0 Å². The van der Waals surface area contributed by atoms with Crippen molar-refractivity contribution in [3.63, 3.8) is 0 Å². The van der Waals surface area contributed by atoms with Gasteiger partial charge < -0.3 is 14.7 Å². The number of amides is 1. The molecule has 0 unspecified atom stereocenters. The van der Waals surface area contributed by atoms with Gasteiger partial charge in [0.1, 0.15) is 0 Å². The van der Waals surface area contributed by atoms with E-state index in [2.05, 4.69) is 26.6 Å². The summed E-state index contributed by atoms with van der Waals surface area (Å²) in [4.78, 5) is 14.6. The number of carbonyl (C=O) groups excluding carboxylic acids is 1. The van der Waals surface area contributed by atoms with E-state index < -0.39 is 8.07 Å². The summed E-state index contributed by atoms with van der Waals surface area (Å²) in [6, 6.07) is 1.35. The molecule has 0 radical (unpaired) electrons. The van der Waals surface area contributed by atoms with Gasteiger partial charge in [-0.15, -0.1) is 0 Å². The molecule has 1 aliphatic heterocycles. The number of ether oxygens (including phenoxy) is 1. The van der Waals surface area contributed by atoms with Crippen molar-refractivity contribution in [2.24, 2.45) is 17.8 Å². The maximum atomic E-state index is 12.6. The van der Waals surface area contributed by atoms with Crippen molar-refractivity contribution in [2.75, 3.05) is 19.8 Å². The Morgan fingerprint density at radius 2 is 2.04 bits per heavy atom. The van der Waals surface area contributed by atoms with Crippen LogP contribution in [0, 0.1) is 17.8 Å². The molecule has 134 valence electrons. The van der Waals surface area contributed by atoms with Gasteiger partial charge in [0.2, 0.25) is 0 Å². The molecule has 5 heteroatoms. The number of aliphatic hydroxyl groups excluding tert-OH is 1. The largest absolute Gasteiger partial charge is 0.450 e. The molecule has 1 heterocycles. The number of carbonyl (C=O) groups is 1. The van der Waals surface area contributed by atoms with Gasteiger partial charge in [0.25, 0.3) is 0 Å². The summed E-state index contributed by atoms with van der Waals surface area (Å²) in [5.41, 5.74) is 0. The van der Waals surface area contributed by atoms with Gasteiger partial charge in [-0.25, -0.2) is 4.79 Å². The van der Waals surface area contributed by atoms with Crippen molar-refractivity contribution in [3.8, 4) is 0 Å². The monoisotopic (exact) mass is 341 g/mol. The Morgan fingerprint density at radius 3 is 2.70 bits per heavy atom.